The Kier molecular flexibility index (Phi) is 3.72. The maximum absolute atomic E-state index is 5.89. The van der Waals surface area contributed by atoms with Crippen LogP contribution >= 0.6 is 15.9 Å². The van der Waals surface area contributed by atoms with E-state index in [2.05, 4.69) is 43.6 Å². The quantitative estimate of drug-likeness (QED) is 0.766. The number of hydrogen-bond donors (Lipinski definition) is 0. The number of hydrogen-bond acceptors (Lipinski definition) is 2. The van der Waals surface area contributed by atoms with E-state index in [-0.39, 0.29) is 18.3 Å². The Hall–Kier alpha value is -0.575. The van der Waals surface area contributed by atoms with Gasteiger partial charge in [-0.05, 0) is 45.4 Å². The summed E-state index contributed by atoms with van der Waals surface area (Å²) in [7, 11) is -0.279. The standard InChI is InChI=1S/C14H18BBrO2/c1-13(2)14(3,4)18-15(17-13)10-9-11-5-7-12(16)8-6-11/h5-10H,1-4H3/b10-9-. The Labute approximate surface area is 118 Å². The normalized spacial score (nSPS) is 21.7. The second-order valence-electron chi connectivity index (χ2n) is 5.54. The first-order chi connectivity index (χ1) is 8.30. The summed E-state index contributed by atoms with van der Waals surface area (Å²) in [5, 5.41) is 0. The largest absolute Gasteiger partial charge is 0.487 e. The van der Waals surface area contributed by atoms with Crippen molar-refractivity contribution < 1.29 is 9.31 Å². The Bertz CT molecular complexity index is 435. The maximum Gasteiger partial charge on any atom is 0.487 e. The summed E-state index contributed by atoms with van der Waals surface area (Å²) in [6, 6.07) is 8.13. The van der Waals surface area contributed by atoms with Gasteiger partial charge in [0.05, 0.1) is 11.2 Å². The van der Waals surface area contributed by atoms with Crippen molar-refractivity contribution in [2.45, 2.75) is 38.9 Å². The Balaban J connectivity index is 2.06. The highest BCUT2D eigenvalue weighted by atomic mass is 79.9. The Morgan fingerprint density at radius 2 is 1.50 bits per heavy atom. The van der Waals surface area contributed by atoms with E-state index in [1.807, 2.05) is 36.3 Å². The van der Waals surface area contributed by atoms with Crippen LogP contribution in [0.25, 0.3) is 6.08 Å². The summed E-state index contributed by atoms with van der Waals surface area (Å²) in [5.74, 6) is 1.96. The lowest BCUT2D eigenvalue weighted by Crippen LogP contribution is -2.41. The predicted molar refractivity (Wildman–Crippen MR) is 79.3 cm³/mol. The first kappa shape index (κ1) is 13.8. The minimum absolute atomic E-state index is 0.276. The molecule has 0 amide bonds. The Morgan fingerprint density at radius 3 is 2.00 bits per heavy atom. The summed E-state index contributed by atoms with van der Waals surface area (Å²) < 4.78 is 12.9. The van der Waals surface area contributed by atoms with Gasteiger partial charge in [-0.15, -0.1) is 0 Å². The van der Waals surface area contributed by atoms with E-state index in [4.69, 9.17) is 9.31 Å². The van der Waals surface area contributed by atoms with E-state index in [1.54, 1.807) is 0 Å². The van der Waals surface area contributed by atoms with E-state index >= 15 is 0 Å². The molecule has 2 nitrogen and oxygen atoms in total. The van der Waals surface area contributed by atoms with Crippen LogP contribution in [0, 0.1) is 0 Å². The van der Waals surface area contributed by atoms with Gasteiger partial charge in [-0.25, -0.2) is 0 Å². The van der Waals surface area contributed by atoms with Gasteiger partial charge in [0.15, 0.2) is 0 Å². The van der Waals surface area contributed by atoms with E-state index in [1.165, 1.54) is 0 Å². The monoisotopic (exact) mass is 308 g/mol. The van der Waals surface area contributed by atoms with Crippen LogP contribution in [0.3, 0.4) is 0 Å². The lowest BCUT2D eigenvalue weighted by atomic mass is 9.89. The smallest absolute Gasteiger partial charge is 0.400 e. The zero-order valence-electron chi connectivity index (χ0n) is 11.2. The average molecular weight is 309 g/mol. The molecule has 96 valence electrons. The molecule has 0 bridgehead atoms. The van der Waals surface area contributed by atoms with Gasteiger partial charge in [-0.2, -0.15) is 0 Å². The van der Waals surface area contributed by atoms with Gasteiger partial charge < -0.3 is 9.31 Å². The molecule has 18 heavy (non-hydrogen) atoms. The summed E-state index contributed by atoms with van der Waals surface area (Å²) >= 11 is 3.42. The molecule has 1 aliphatic rings. The molecule has 1 heterocycles. The molecule has 0 radical (unpaired) electrons. The topological polar surface area (TPSA) is 18.5 Å². The number of rotatable bonds is 2. The third-order valence-corrected chi connectivity index (χ3v) is 4.12. The molecule has 1 aromatic rings. The lowest BCUT2D eigenvalue weighted by molar-refractivity contribution is 0.00578. The molecular weight excluding hydrogens is 291 g/mol. The first-order valence-corrected chi connectivity index (χ1v) is 6.89. The fourth-order valence-corrected chi connectivity index (χ4v) is 2.00. The Morgan fingerprint density at radius 1 is 1.00 bits per heavy atom. The van der Waals surface area contributed by atoms with Crippen molar-refractivity contribution in [1.82, 2.24) is 0 Å². The lowest BCUT2D eigenvalue weighted by Gasteiger charge is -2.32. The molecule has 0 atom stereocenters. The molecule has 1 saturated heterocycles. The van der Waals surface area contributed by atoms with Crippen LogP contribution in [-0.4, -0.2) is 18.3 Å². The SMILES string of the molecule is CC1(C)OB(/C=C\c2ccc(Br)cc2)OC1(C)C. The van der Waals surface area contributed by atoms with Gasteiger partial charge in [0.2, 0.25) is 0 Å². The third kappa shape index (κ3) is 2.87. The molecule has 1 aromatic carbocycles. The average Bonchev–Trinajstić information content (AvgIpc) is 2.47. The van der Waals surface area contributed by atoms with Crippen LogP contribution in [0.1, 0.15) is 33.3 Å². The molecular formula is C14H18BBrO2. The highest BCUT2D eigenvalue weighted by Gasteiger charge is 2.49. The maximum atomic E-state index is 5.89. The molecule has 0 aliphatic carbocycles. The fourth-order valence-electron chi connectivity index (χ4n) is 1.73. The number of halogens is 1. The second-order valence-corrected chi connectivity index (χ2v) is 6.45. The van der Waals surface area contributed by atoms with Crippen molar-refractivity contribution in [1.29, 1.82) is 0 Å². The van der Waals surface area contributed by atoms with Crippen LogP contribution in [-0.2, 0) is 9.31 Å². The molecule has 2 rings (SSSR count). The van der Waals surface area contributed by atoms with Gasteiger partial charge in [-0.1, -0.05) is 40.1 Å². The van der Waals surface area contributed by atoms with Crippen molar-refractivity contribution in [3.05, 3.63) is 40.3 Å². The van der Waals surface area contributed by atoms with Crippen molar-refractivity contribution >= 4 is 29.1 Å². The molecule has 4 heteroatoms. The van der Waals surface area contributed by atoms with Gasteiger partial charge in [0.25, 0.3) is 0 Å². The van der Waals surface area contributed by atoms with Crippen LogP contribution in [0.2, 0.25) is 0 Å². The summed E-state index contributed by atoms with van der Waals surface area (Å²) in [5.41, 5.74) is 0.580. The van der Waals surface area contributed by atoms with Gasteiger partial charge in [0.1, 0.15) is 0 Å². The summed E-state index contributed by atoms with van der Waals surface area (Å²) in [6.45, 7) is 8.22. The van der Waals surface area contributed by atoms with E-state index < -0.39 is 0 Å². The van der Waals surface area contributed by atoms with Crippen LogP contribution < -0.4 is 0 Å². The first-order valence-electron chi connectivity index (χ1n) is 6.10. The van der Waals surface area contributed by atoms with E-state index in [9.17, 15) is 0 Å². The molecule has 1 aliphatic heterocycles. The minimum Gasteiger partial charge on any atom is -0.400 e. The van der Waals surface area contributed by atoms with Crippen LogP contribution in [0.15, 0.2) is 34.7 Å². The van der Waals surface area contributed by atoms with Crippen molar-refractivity contribution in [3.8, 4) is 0 Å². The third-order valence-electron chi connectivity index (χ3n) is 3.59. The van der Waals surface area contributed by atoms with Crippen LogP contribution in [0.5, 0.6) is 0 Å². The second kappa shape index (κ2) is 4.84. The fraction of sp³-hybridized carbons (Fsp3) is 0.429. The summed E-state index contributed by atoms with van der Waals surface area (Å²) in [6.07, 6.45) is 2.02. The van der Waals surface area contributed by atoms with Crippen molar-refractivity contribution in [3.63, 3.8) is 0 Å². The highest BCUT2D eigenvalue weighted by molar-refractivity contribution is 9.10. The van der Waals surface area contributed by atoms with Crippen molar-refractivity contribution in [2.24, 2.45) is 0 Å². The molecule has 0 saturated carbocycles. The molecule has 1 fully saturated rings. The zero-order chi connectivity index (χ0) is 13.4. The van der Waals surface area contributed by atoms with Gasteiger partial charge in [0, 0.05) is 4.47 Å². The molecule has 0 spiro atoms. The molecule has 0 N–H and O–H groups in total. The van der Waals surface area contributed by atoms with E-state index in [0.717, 1.165) is 10.0 Å². The predicted octanol–water partition coefficient (Wildman–Crippen LogP) is 4.09. The number of benzene rings is 1. The molecule has 0 aromatic heterocycles. The van der Waals surface area contributed by atoms with Gasteiger partial charge in [-0.3, -0.25) is 0 Å². The molecule has 0 unspecified atom stereocenters. The van der Waals surface area contributed by atoms with Crippen molar-refractivity contribution in [2.75, 3.05) is 0 Å². The highest BCUT2D eigenvalue weighted by Crippen LogP contribution is 2.37. The summed E-state index contributed by atoms with van der Waals surface area (Å²) in [4.78, 5) is 0. The van der Waals surface area contributed by atoms with Crippen LogP contribution in [0.4, 0.5) is 0 Å². The zero-order valence-corrected chi connectivity index (χ0v) is 12.8. The minimum atomic E-state index is -0.279. The van der Waals surface area contributed by atoms with E-state index in [0.29, 0.717) is 0 Å². The van der Waals surface area contributed by atoms with Gasteiger partial charge >= 0.3 is 7.12 Å².